The number of benzene rings is 1. The number of rotatable bonds is 5. The van der Waals surface area contributed by atoms with Crippen LogP contribution >= 0.6 is 11.8 Å². The second kappa shape index (κ2) is 6.09. The summed E-state index contributed by atoms with van der Waals surface area (Å²) in [5.41, 5.74) is 2.11. The van der Waals surface area contributed by atoms with Crippen LogP contribution in [0.5, 0.6) is 0 Å². The lowest BCUT2D eigenvalue weighted by molar-refractivity contribution is 0.0994. The van der Waals surface area contributed by atoms with Crippen LogP contribution in [0.25, 0.3) is 0 Å². The molecule has 0 aliphatic rings. The molecule has 0 radical (unpaired) electrons. The summed E-state index contributed by atoms with van der Waals surface area (Å²) in [5.74, 6) is 0.237. The van der Waals surface area contributed by atoms with Crippen molar-refractivity contribution in [2.24, 2.45) is 0 Å². The van der Waals surface area contributed by atoms with E-state index in [0.717, 1.165) is 12.0 Å². The summed E-state index contributed by atoms with van der Waals surface area (Å²) in [6.45, 7) is 8.35. The van der Waals surface area contributed by atoms with E-state index < -0.39 is 0 Å². The molecule has 1 aromatic rings. The highest BCUT2D eigenvalue weighted by Gasteiger charge is 2.16. The van der Waals surface area contributed by atoms with E-state index in [9.17, 15) is 4.79 Å². The molecule has 0 saturated carbocycles. The lowest BCUT2D eigenvalue weighted by atomic mass is 10.1. The number of hydrogen-bond donors (Lipinski definition) is 0. The number of thioether (sulfide) groups is 1. The maximum Gasteiger partial charge on any atom is 0.175 e. The Balaban J connectivity index is 2.72. The number of carbonyl (C=O) groups is 1. The molecule has 1 nitrogen and oxygen atoms in total. The van der Waals surface area contributed by atoms with Gasteiger partial charge in [-0.25, -0.2) is 0 Å². The van der Waals surface area contributed by atoms with Gasteiger partial charge in [0.05, 0.1) is 5.25 Å². The Morgan fingerprint density at radius 1 is 1.19 bits per heavy atom. The lowest BCUT2D eigenvalue weighted by Crippen LogP contribution is -2.15. The van der Waals surface area contributed by atoms with Gasteiger partial charge in [-0.15, -0.1) is 11.8 Å². The van der Waals surface area contributed by atoms with Gasteiger partial charge in [-0.2, -0.15) is 0 Å². The van der Waals surface area contributed by atoms with Gasteiger partial charge in [-0.3, -0.25) is 4.79 Å². The predicted octanol–water partition coefficient (Wildman–Crippen LogP) is 3.96. The fourth-order valence-corrected chi connectivity index (χ4v) is 2.69. The van der Waals surface area contributed by atoms with Crippen LogP contribution in [-0.4, -0.2) is 16.3 Å². The molecule has 0 heterocycles. The fourth-order valence-electron chi connectivity index (χ4n) is 1.61. The summed E-state index contributed by atoms with van der Waals surface area (Å²) >= 11 is 1.72. The molecule has 0 aliphatic heterocycles. The summed E-state index contributed by atoms with van der Waals surface area (Å²) in [4.78, 5) is 12.1. The van der Waals surface area contributed by atoms with Crippen LogP contribution in [0, 0.1) is 0 Å². The maximum absolute atomic E-state index is 12.1. The molecule has 16 heavy (non-hydrogen) atoms. The number of aryl methyl sites for hydroxylation is 1. The zero-order valence-corrected chi connectivity index (χ0v) is 11.3. The highest BCUT2D eigenvalue weighted by Crippen LogP contribution is 2.20. The molecule has 0 aromatic heterocycles. The zero-order valence-electron chi connectivity index (χ0n) is 10.5. The Morgan fingerprint density at radius 2 is 1.75 bits per heavy atom. The Hall–Kier alpha value is -0.760. The van der Waals surface area contributed by atoms with E-state index in [4.69, 9.17) is 0 Å². The minimum Gasteiger partial charge on any atom is -0.293 e. The smallest absolute Gasteiger partial charge is 0.175 e. The zero-order chi connectivity index (χ0) is 12.1. The van der Waals surface area contributed by atoms with Gasteiger partial charge in [0.15, 0.2) is 5.78 Å². The molecule has 0 N–H and O–H groups in total. The third-order valence-corrected chi connectivity index (χ3v) is 3.66. The summed E-state index contributed by atoms with van der Waals surface area (Å²) < 4.78 is 0. The average Bonchev–Trinajstić information content (AvgIpc) is 2.27. The van der Waals surface area contributed by atoms with Crippen LogP contribution in [0.3, 0.4) is 0 Å². The Kier molecular flexibility index (Phi) is 5.07. The summed E-state index contributed by atoms with van der Waals surface area (Å²) in [6.07, 6.45) is 1.02. The van der Waals surface area contributed by atoms with Crippen LogP contribution in [-0.2, 0) is 6.42 Å². The molecule has 1 unspecified atom stereocenters. The van der Waals surface area contributed by atoms with Gasteiger partial charge in [0.2, 0.25) is 0 Å². The number of Topliss-reactive ketones (excluding diaryl/α,β-unsaturated/α-hetero) is 1. The van der Waals surface area contributed by atoms with E-state index in [0.29, 0.717) is 5.25 Å². The third-order valence-electron chi connectivity index (χ3n) is 2.49. The van der Waals surface area contributed by atoms with Gasteiger partial charge >= 0.3 is 0 Å². The van der Waals surface area contributed by atoms with Crippen LogP contribution in [0.15, 0.2) is 24.3 Å². The van der Waals surface area contributed by atoms with E-state index in [2.05, 4.69) is 20.8 Å². The molecule has 0 fully saturated rings. The van der Waals surface area contributed by atoms with E-state index in [-0.39, 0.29) is 11.0 Å². The van der Waals surface area contributed by atoms with Crippen LogP contribution < -0.4 is 0 Å². The minimum absolute atomic E-state index is 0.0486. The molecular formula is C14H20OS. The van der Waals surface area contributed by atoms with Gasteiger partial charge in [0.1, 0.15) is 0 Å². The molecule has 88 valence electrons. The van der Waals surface area contributed by atoms with Crippen molar-refractivity contribution in [2.45, 2.75) is 44.6 Å². The molecule has 0 saturated heterocycles. The first-order valence-corrected chi connectivity index (χ1v) is 6.77. The van der Waals surface area contributed by atoms with Crippen molar-refractivity contribution in [1.29, 1.82) is 0 Å². The Morgan fingerprint density at radius 3 is 2.19 bits per heavy atom. The fraction of sp³-hybridized carbons (Fsp3) is 0.500. The first kappa shape index (κ1) is 13.3. The van der Waals surface area contributed by atoms with Gasteiger partial charge in [0, 0.05) is 5.56 Å². The van der Waals surface area contributed by atoms with E-state index in [1.807, 2.05) is 31.2 Å². The number of carbonyl (C=O) groups excluding carboxylic acids is 1. The van der Waals surface area contributed by atoms with Crippen molar-refractivity contribution in [1.82, 2.24) is 0 Å². The van der Waals surface area contributed by atoms with Crippen molar-refractivity contribution in [3.8, 4) is 0 Å². The largest absolute Gasteiger partial charge is 0.293 e. The number of hydrogen-bond acceptors (Lipinski definition) is 2. The summed E-state index contributed by atoms with van der Waals surface area (Å²) in [6, 6.07) is 7.97. The standard InChI is InChI=1S/C14H20OS/c1-5-12-6-8-13(9-7-12)14(15)11(4)16-10(2)3/h6-11H,5H2,1-4H3. The average molecular weight is 236 g/mol. The minimum atomic E-state index is 0.0486. The second-order valence-electron chi connectivity index (χ2n) is 4.24. The highest BCUT2D eigenvalue weighted by atomic mass is 32.2. The normalized spacial score (nSPS) is 12.8. The van der Waals surface area contributed by atoms with Crippen LogP contribution in [0.2, 0.25) is 0 Å². The van der Waals surface area contributed by atoms with E-state index in [1.54, 1.807) is 11.8 Å². The molecule has 0 amide bonds. The van der Waals surface area contributed by atoms with E-state index in [1.165, 1.54) is 5.56 Å². The molecule has 0 aliphatic carbocycles. The summed E-state index contributed by atoms with van der Waals surface area (Å²) in [5, 5.41) is 0.543. The molecule has 1 rings (SSSR count). The van der Waals surface area contributed by atoms with Crippen molar-refractivity contribution in [3.63, 3.8) is 0 Å². The molecule has 2 heteroatoms. The monoisotopic (exact) mass is 236 g/mol. The van der Waals surface area contributed by atoms with Gasteiger partial charge in [-0.1, -0.05) is 45.0 Å². The van der Waals surface area contributed by atoms with E-state index >= 15 is 0 Å². The Bertz CT molecular complexity index is 340. The highest BCUT2D eigenvalue weighted by molar-refractivity contribution is 8.01. The summed E-state index contributed by atoms with van der Waals surface area (Å²) in [7, 11) is 0. The van der Waals surface area contributed by atoms with Crippen LogP contribution in [0.4, 0.5) is 0 Å². The number of ketones is 1. The second-order valence-corrected chi connectivity index (χ2v) is 6.16. The van der Waals surface area contributed by atoms with Gasteiger partial charge in [0.25, 0.3) is 0 Å². The SMILES string of the molecule is CCc1ccc(C(=O)C(C)SC(C)C)cc1. The van der Waals surface area contributed by atoms with Gasteiger partial charge < -0.3 is 0 Å². The third kappa shape index (κ3) is 3.67. The maximum atomic E-state index is 12.1. The molecule has 1 atom stereocenters. The van der Waals surface area contributed by atoms with Crippen molar-refractivity contribution >= 4 is 17.5 Å². The van der Waals surface area contributed by atoms with Crippen LogP contribution in [0.1, 0.15) is 43.6 Å². The molecule has 0 bridgehead atoms. The van der Waals surface area contributed by atoms with Gasteiger partial charge in [-0.05, 0) is 24.2 Å². The first-order chi connectivity index (χ1) is 7.54. The quantitative estimate of drug-likeness (QED) is 0.720. The predicted molar refractivity (Wildman–Crippen MR) is 72.3 cm³/mol. The van der Waals surface area contributed by atoms with Crippen molar-refractivity contribution in [3.05, 3.63) is 35.4 Å². The molecular weight excluding hydrogens is 216 g/mol. The molecule has 0 spiro atoms. The topological polar surface area (TPSA) is 17.1 Å². The molecule has 1 aromatic carbocycles. The first-order valence-electron chi connectivity index (χ1n) is 5.83. The van der Waals surface area contributed by atoms with Crippen molar-refractivity contribution in [2.75, 3.05) is 0 Å². The van der Waals surface area contributed by atoms with Crippen molar-refractivity contribution < 1.29 is 4.79 Å². The lowest BCUT2D eigenvalue weighted by Gasteiger charge is -2.12. The Labute approximate surface area is 103 Å².